The lowest BCUT2D eigenvalue weighted by Gasteiger charge is -2.34. The number of nitrogens with zero attached hydrogens (tertiary/aromatic N) is 6. The fourth-order valence-electron chi connectivity index (χ4n) is 18.4. The standard InChI is InChI=1S/C87H155N37O18/c1-5-48(4)64(118-67(128)51(21-8-34-105-83(93)94)110-65(126)49(88)19-6-32-103-81(89)90)73(134)114-54(24-11-37-108-86(99)100)75(136)119-39-13-26-58(119)69(130)113-53(23-10-36-107-85(97)98)76(137)124-44-18-31-63(124)79(140)123-43-17-30-62(123)68(129)111-50(20-7-33-104-82(91)92)66(127)116-56(45-47(2)3)77(138)121-41-15-29-61(121)72(133)117-57(46-125)78(139)122-42-16-27-59(122)70(131)112-52(22-9-35-106-84(95)96)74(135)120-40-14-28-60(120)71(132)115-55(80(141)142)25-12-38-109-87(101)102/h47-64,125H,5-46,88H2,1-4H3,(H,110,126)(H,111,129)(H,112,131)(H,113,130)(H,114,134)(H,115,132)(H,116,127)(H,117,133)(H,118,128)(H,141,142)(H4,89,90,103)(H4,91,92,104)(H4,93,94,105)(H4,95,96,106)(H4,97,98,107)(H4,99,100,108)(H4,101,102,109)/t48-,49-,50-,51-,52-,53-,54-,55-,56-,57-,58-,59-,60-,61-,62-,63-,64-/m0/s1. The summed E-state index contributed by atoms with van der Waals surface area (Å²) in [7, 11) is 0. The number of carboxylic acids is 1. The van der Waals surface area contributed by atoms with Crippen LogP contribution in [0.4, 0.5) is 0 Å². The van der Waals surface area contributed by atoms with Gasteiger partial charge in [0.05, 0.1) is 12.6 Å². The Kier molecular flexibility index (Phi) is 48.8. The second-order valence-electron chi connectivity index (χ2n) is 37.1. The van der Waals surface area contributed by atoms with Crippen LogP contribution in [0.25, 0.3) is 0 Å². The third kappa shape index (κ3) is 37.1. The fourth-order valence-corrected chi connectivity index (χ4v) is 18.4. The Bertz CT molecular complexity index is 4420. The van der Waals surface area contributed by atoms with E-state index in [1.165, 1.54) is 24.5 Å². The number of likely N-dealkylation sites (tertiary alicyclic amines) is 6. The average Bonchev–Trinajstić information content (AvgIpc) is 1.62. The van der Waals surface area contributed by atoms with Gasteiger partial charge in [0.1, 0.15) is 90.6 Å². The van der Waals surface area contributed by atoms with Crippen molar-refractivity contribution < 1.29 is 86.9 Å². The van der Waals surface area contributed by atoms with E-state index in [0.29, 0.717) is 32.1 Å². The van der Waals surface area contributed by atoms with Gasteiger partial charge in [-0.1, -0.05) is 34.1 Å². The van der Waals surface area contributed by atoms with Crippen molar-refractivity contribution in [1.82, 2.24) is 114 Å². The summed E-state index contributed by atoms with van der Waals surface area (Å²) in [6.45, 7) is 6.97. The zero-order valence-electron chi connectivity index (χ0n) is 81.8. The molecule has 6 aliphatic heterocycles. The number of aliphatic hydroxyl groups is 1. The van der Waals surface area contributed by atoms with E-state index in [2.05, 4.69) is 85.1 Å². The Morgan fingerprint density at radius 3 is 0.887 bits per heavy atom. The van der Waals surface area contributed by atoms with Crippen LogP contribution in [0.1, 0.15) is 207 Å². The van der Waals surface area contributed by atoms with Crippen LogP contribution < -0.4 is 131 Å². The number of hydrogen-bond acceptors (Lipinski definition) is 25. The molecule has 55 heteroatoms. The summed E-state index contributed by atoms with van der Waals surface area (Å²) in [6.07, 6.45) is 3.80. The Labute approximate surface area is 825 Å². The molecule has 0 radical (unpaired) electrons. The van der Waals surface area contributed by atoms with Crippen molar-refractivity contribution >= 4 is 136 Å². The van der Waals surface area contributed by atoms with Gasteiger partial charge in [-0.25, -0.2) is 4.79 Å². The zero-order chi connectivity index (χ0) is 105. The normalized spacial score (nSPS) is 19.9. The van der Waals surface area contributed by atoms with Crippen LogP contribution >= 0.6 is 0 Å². The zero-order valence-corrected chi connectivity index (χ0v) is 81.8. The van der Waals surface area contributed by atoms with Gasteiger partial charge >= 0.3 is 5.97 Å². The molecule has 0 aromatic rings. The Balaban J connectivity index is 1.16. The van der Waals surface area contributed by atoms with Gasteiger partial charge in [-0.15, -0.1) is 0 Å². The van der Waals surface area contributed by atoms with Crippen LogP contribution in [0.5, 0.6) is 0 Å². The molecule has 6 rings (SSSR count). The number of aliphatic carboxylic acids is 1. The SMILES string of the molecule is CC[C@H](C)[C@H](NC(=O)[C@H](CCCNC(=N)N)NC(=O)[C@@H](N)CCCNC(=N)N)C(=O)N[C@@H](CCCNC(=N)N)C(=O)N1CCC[C@H]1C(=O)N[C@@H](CCCNC(=N)N)C(=O)N1CCC[C@H]1C(=O)N1CCC[C@H]1C(=O)N[C@@H](CCCNC(=N)N)C(=O)N[C@@H](CC(C)C)C(=O)N1CCC[C@H]1C(=O)N[C@@H](CO)C(=O)N1CCC[C@H]1C(=O)N[C@@H](CCCNC(=N)N)C(=O)N1CCC[C@H]1C(=O)N[C@@H](CCCNC(=N)N)C(=O)O. The molecule has 15 amide bonds. The summed E-state index contributed by atoms with van der Waals surface area (Å²) in [5.41, 5.74) is 44.8. The van der Waals surface area contributed by atoms with Gasteiger partial charge < -0.3 is 171 Å². The van der Waals surface area contributed by atoms with E-state index in [1.807, 2.05) is 0 Å². The molecule has 0 aromatic heterocycles. The van der Waals surface area contributed by atoms with E-state index in [1.54, 1.807) is 27.7 Å². The molecule has 0 aliphatic carbocycles. The van der Waals surface area contributed by atoms with E-state index in [0.717, 1.165) is 4.90 Å². The van der Waals surface area contributed by atoms with Gasteiger partial charge in [0.15, 0.2) is 41.7 Å². The highest BCUT2D eigenvalue weighted by molar-refractivity contribution is 6.02. The molecule has 6 heterocycles. The van der Waals surface area contributed by atoms with Crippen LogP contribution in [0, 0.1) is 49.7 Å². The lowest BCUT2D eigenvalue weighted by molar-refractivity contribution is -0.148. The Morgan fingerprint density at radius 2 is 0.556 bits per heavy atom. The first-order valence-electron chi connectivity index (χ1n) is 49.1. The number of amides is 15. The van der Waals surface area contributed by atoms with Gasteiger partial charge in [0.2, 0.25) is 88.6 Å². The van der Waals surface area contributed by atoms with Gasteiger partial charge in [-0.05, 0) is 185 Å². The van der Waals surface area contributed by atoms with Crippen molar-refractivity contribution in [1.29, 1.82) is 37.9 Å². The second kappa shape index (κ2) is 59.2. The van der Waals surface area contributed by atoms with Crippen LogP contribution in [0.3, 0.4) is 0 Å². The molecule has 0 spiro atoms. The summed E-state index contributed by atoms with van der Waals surface area (Å²) in [5.74, 6) is -16.0. The first-order valence-corrected chi connectivity index (χ1v) is 49.1. The van der Waals surface area contributed by atoms with E-state index < -0.39 is 204 Å². The molecule has 0 unspecified atom stereocenters. The predicted octanol–water partition coefficient (Wildman–Crippen LogP) is -9.37. The van der Waals surface area contributed by atoms with Crippen LogP contribution in [0.2, 0.25) is 0 Å². The number of aliphatic hydroxyl groups excluding tert-OH is 1. The van der Waals surface area contributed by atoms with Crippen LogP contribution in [0.15, 0.2) is 0 Å². The summed E-state index contributed by atoms with van der Waals surface area (Å²) in [4.78, 5) is 240. The third-order valence-corrected chi connectivity index (χ3v) is 25.9. The van der Waals surface area contributed by atoms with Crippen molar-refractivity contribution in [2.45, 2.75) is 304 Å². The minimum atomic E-state index is -1.67. The second-order valence-corrected chi connectivity index (χ2v) is 37.1. The molecule has 142 heavy (non-hydrogen) atoms. The third-order valence-electron chi connectivity index (χ3n) is 25.9. The molecular formula is C87H155N37O18. The van der Waals surface area contributed by atoms with Crippen molar-refractivity contribution in [2.24, 2.45) is 57.7 Å². The minimum absolute atomic E-state index is 0.00155. The molecule has 0 aromatic carbocycles. The number of carbonyl (C=O) groups is 16. The van der Waals surface area contributed by atoms with Crippen LogP contribution in [-0.4, -0.2) is 364 Å². The lowest BCUT2D eigenvalue weighted by atomic mass is 9.96. The highest BCUT2D eigenvalue weighted by atomic mass is 16.4. The van der Waals surface area contributed by atoms with Gasteiger partial charge in [-0.3, -0.25) is 110 Å². The van der Waals surface area contributed by atoms with E-state index in [9.17, 15) is 63.0 Å². The number of nitrogens with two attached hydrogens (primary N) is 8. The van der Waals surface area contributed by atoms with Crippen molar-refractivity contribution in [2.75, 3.05) is 91.7 Å². The van der Waals surface area contributed by atoms with Gasteiger partial charge in [-0.2, -0.15) is 0 Å². The number of hydrogen-bond donors (Lipinski definition) is 33. The molecule has 796 valence electrons. The van der Waals surface area contributed by atoms with E-state index in [4.69, 9.17) is 83.7 Å². The first kappa shape index (κ1) is 117. The number of guanidine groups is 7. The maximum atomic E-state index is 15.3. The molecule has 55 nitrogen and oxygen atoms in total. The molecule has 17 atom stereocenters. The Hall–Kier alpha value is -13.7. The van der Waals surface area contributed by atoms with Crippen molar-refractivity contribution in [3.8, 4) is 0 Å². The van der Waals surface area contributed by atoms with Crippen molar-refractivity contribution in [3.05, 3.63) is 0 Å². The first-order chi connectivity index (χ1) is 67.4. The lowest BCUT2D eigenvalue weighted by Crippen LogP contribution is -2.61. The van der Waals surface area contributed by atoms with E-state index >= 15 is 24.0 Å². The fraction of sp³-hybridized carbons (Fsp3) is 0.736. The number of carbonyl (C=O) groups excluding carboxylic acids is 15. The van der Waals surface area contributed by atoms with Crippen molar-refractivity contribution in [3.63, 3.8) is 0 Å². The molecule has 0 bridgehead atoms. The number of rotatable bonds is 58. The molecular weight excluding hydrogens is 1850 g/mol. The van der Waals surface area contributed by atoms with Crippen LogP contribution in [-0.2, 0) is 76.7 Å². The highest BCUT2D eigenvalue weighted by Crippen LogP contribution is 2.30. The van der Waals surface area contributed by atoms with Gasteiger partial charge in [0, 0.05) is 85.1 Å². The molecule has 6 fully saturated rings. The number of nitrogens with one attached hydrogen (secondary N) is 23. The highest BCUT2D eigenvalue weighted by Gasteiger charge is 2.49. The molecule has 6 saturated heterocycles. The summed E-state index contributed by atoms with van der Waals surface area (Å²) < 4.78 is 0. The Morgan fingerprint density at radius 1 is 0.310 bits per heavy atom. The topological polar surface area (TPSA) is 901 Å². The maximum Gasteiger partial charge on any atom is 0.326 e. The van der Waals surface area contributed by atoms with Gasteiger partial charge in [0.25, 0.3) is 0 Å². The quantitative estimate of drug-likeness (QED) is 0.0153. The number of carboxylic acid groups (broad SMARTS) is 1. The van der Waals surface area contributed by atoms with E-state index in [-0.39, 0.29) is 280 Å². The molecule has 6 aliphatic rings. The monoisotopic (exact) mass is 2010 g/mol. The predicted molar refractivity (Wildman–Crippen MR) is 521 cm³/mol. The molecule has 0 saturated carbocycles. The minimum Gasteiger partial charge on any atom is -0.480 e. The maximum absolute atomic E-state index is 15.3. The average molecular weight is 2010 g/mol. The largest absolute Gasteiger partial charge is 0.480 e. The molecule has 41 N–H and O–H groups in total. The summed E-state index contributed by atoms with van der Waals surface area (Å²) in [5, 5.41) is 117. The summed E-state index contributed by atoms with van der Waals surface area (Å²) >= 11 is 0. The smallest absolute Gasteiger partial charge is 0.326 e. The summed E-state index contributed by atoms with van der Waals surface area (Å²) in [6, 6.07) is -20.8.